The molecule has 0 aliphatic heterocycles. The molecular weight excluding hydrogens is 482 g/mol. The maximum absolute atomic E-state index is 12.5. The van der Waals surface area contributed by atoms with E-state index in [1.165, 1.54) is 12.4 Å². The van der Waals surface area contributed by atoms with Crippen molar-refractivity contribution < 1.29 is 24.9 Å². The van der Waals surface area contributed by atoms with E-state index in [4.69, 9.17) is 0 Å². The quantitative estimate of drug-likeness (QED) is 0.374. The zero-order chi connectivity index (χ0) is 27.2. The molecule has 4 fully saturated rings. The molecule has 1 aromatic heterocycles. The minimum absolute atomic E-state index is 0.0634. The number of hydrogen-bond acceptors (Lipinski definition) is 6. The van der Waals surface area contributed by atoms with Crippen molar-refractivity contribution in [2.24, 2.45) is 46.3 Å². The third kappa shape index (κ3) is 4.66. The first-order valence-electron chi connectivity index (χ1n) is 14.6. The lowest BCUT2D eigenvalue weighted by Crippen LogP contribution is -2.62. The molecule has 8 nitrogen and oxygen atoms in total. The van der Waals surface area contributed by atoms with E-state index in [9.17, 15) is 24.9 Å². The Hall–Kier alpha value is -2.03. The fourth-order valence-corrected chi connectivity index (χ4v) is 9.46. The van der Waals surface area contributed by atoms with E-state index < -0.39 is 6.10 Å². The minimum atomic E-state index is -0.438. The van der Waals surface area contributed by atoms with Crippen LogP contribution >= 0.6 is 0 Å². The maximum atomic E-state index is 12.5. The molecule has 38 heavy (non-hydrogen) atoms. The van der Waals surface area contributed by atoms with Crippen LogP contribution in [0.4, 0.5) is 0 Å². The predicted molar refractivity (Wildman–Crippen MR) is 142 cm³/mol. The Labute approximate surface area is 226 Å². The lowest BCUT2D eigenvalue weighted by atomic mass is 9.43. The number of aliphatic hydroxyl groups excluding tert-OH is 3. The zero-order valence-corrected chi connectivity index (χ0v) is 23.0. The number of aliphatic hydroxyl groups is 3. The Morgan fingerprint density at radius 3 is 2.50 bits per heavy atom. The van der Waals surface area contributed by atoms with Crippen molar-refractivity contribution in [3.63, 3.8) is 0 Å². The van der Waals surface area contributed by atoms with E-state index in [0.29, 0.717) is 30.7 Å². The number of aromatic nitrogens is 1. The van der Waals surface area contributed by atoms with E-state index >= 15 is 0 Å². The minimum Gasteiger partial charge on any atom is -0.393 e. The van der Waals surface area contributed by atoms with Gasteiger partial charge in [-0.25, -0.2) is 0 Å². The fraction of sp³-hybridized carbons (Fsp3) is 0.767. The predicted octanol–water partition coefficient (Wildman–Crippen LogP) is 3.22. The van der Waals surface area contributed by atoms with Crippen molar-refractivity contribution in [3.8, 4) is 0 Å². The van der Waals surface area contributed by atoms with Crippen LogP contribution < -0.4 is 10.9 Å². The molecule has 0 unspecified atom stereocenters. The van der Waals surface area contributed by atoms with E-state index in [1.807, 2.05) is 0 Å². The molecule has 11 atom stereocenters. The standard InChI is InChI=1S/C30H45N3O5/c1-17(4-7-26(37)32-33-28(38)18-9-12-31-13-10-18)21-5-6-22-27-23(16-25(36)30(21,22)3)29(2)11-8-20(34)14-19(29)15-24(27)35/h9-10,12-13,17,19-25,27,34-36H,4-8,11,14-16H2,1-3H3,(H,32,37)(H,33,38)/t17-,19+,20-,21-,22+,23+,24-,25+,27+,29+,30-/m1/s1. The second-order valence-electron chi connectivity index (χ2n) is 13.3. The summed E-state index contributed by atoms with van der Waals surface area (Å²) in [5.74, 6) is 0.924. The van der Waals surface area contributed by atoms with Crippen LogP contribution in [0, 0.1) is 46.3 Å². The summed E-state index contributed by atoms with van der Waals surface area (Å²) in [4.78, 5) is 28.6. The average Bonchev–Trinajstić information content (AvgIpc) is 3.26. The summed E-state index contributed by atoms with van der Waals surface area (Å²) < 4.78 is 0. The average molecular weight is 528 g/mol. The first-order chi connectivity index (χ1) is 18.1. The number of nitrogens with one attached hydrogen (secondary N) is 2. The number of hydrogen-bond donors (Lipinski definition) is 5. The van der Waals surface area contributed by atoms with Crippen LogP contribution in [-0.2, 0) is 4.79 Å². The van der Waals surface area contributed by atoms with Gasteiger partial charge in [0.1, 0.15) is 0 Å². The Bertz CT molecular complexity index is 1020. The Kier molecular flexibility index (Phi) is 7.61. The first kappa shape index (κ1) is 27.5. The summed E-state index contributed by atoms with van der Waals surface area (Å²) in [6.45, 7) is 6.76. The number of nitrogens with zero attached hydrogens (tertiary/aromatic N) is 1. The summed E-state index contributed by atoms with van der Waals surface area (Å²) in [7, 11) is 0. The van der Waals surface area contributed by atoms with Crippen LogP contribution in [0.2, 0.25) is 0 Å². The lowest BCUT2D eigenvalue weighted by molar-refractivity contribution is -0.207. The summed E-state index contributed by atoms with van der Waals surface area (Å²) in [5.41, 5.74) is 5.19. The fourth-order valence-electron chi connectivity index (χ4n) is 9.46. The number of pyridine rings is 1. The molecule has 5 rings (SSSR count). The molecule has 4 saturated carbocycles. The molecule has 0 saturated heterocycles. The molecule has 4 aliphatic rings. The highest BCUT2D eigenvalue weighted by Crippen LogP contribution is 2.68. The van der Waals surface area contributed by atoms with Gasteiger partial charge in [-0.2, -0.15) is 0 Å². The second-order valence-corrected chi connectivity index (χ2v) is 13.3. The van der Waals surface area contributed by atoms with E-state index in [-0.39, 0.29) is 64.4 Å². The Balaban J connectivity index is 1.22. The van der Waals surface area contributed by atoms with Gasteiger partial charge in [-0.1, -0.05) is 20.8 Å². The van der Waals surface area contributed by atoms with E-state index in [2.05, 4.69) is 36.6 Å². The number of amides is 2. The molecule has 210 valence electrons. The Morgan fingerprint density at radius 2 is 1.76 bits per heavy atom. The van der Waals surface area contributed by atoms with Gasteiger partial charge < -0.3 is 15.3 Å². The molecule has 1 aromatic rings. The van der Waals surface area contributed by atoms with Gasteiger partial charge in [0, 0.05) is 24.4 Å². The second kappa shape index (κ2) is 10.5. The van der Waals surface area contributed by atoms with Crippen LogP contribution in [0.3, 0.4) is 0 Å². The SMILES string of the molecule is C[C@H](CCC(=O)NNC(=O)c1ccncc1)[C@H]1CC[C@H]2[C@@H]3[C@H](O)C[C@@H]4C[C@H](O)CC[C@]4(C)[C@H]3C[C@H](O)[C@]12C. The van der Waals surface area contributed by atoms with Crippen molar-refractivity contribution in [2.75, 3.05) is 0 Å². The van der Waals surface area contributed by atoms with Gasteiger partial charge in [0.2, 0.25) is 5.91 Å². The van der Waals surface area contributed by atoms with Gasteiger partial charge in [-0.05, 0) is 110 Å². The summed E-state index contributed by atoms with van der Waals surface area (Å²) >= 11 is 0. The molecular formula is C30H45N3O5. The lowest BCUT2D eigenvalue weighted by Gasteiger charge is -2.63. The van der Waals surface area contributed by atoms with E-state index in [1.54, 1.807) is 12.1 Å². The van der Waals surface area contributed by atoms with Gasteiger partial charge in [-0.3, -0.25) is 25.4 Å². The molecule has 8 heteroatoms. The van der Waals surface area contributed by atoms with Crippen LogP contribution in [-0.4, -0.2) is 50.4 Å². The highest BCUT2D eigenvalue weighted by molar-refractivity contribution is 5.95. The van der Waals surface area contributed by atoms with Crippen molar-refractivity contribution in [2.45, 2.75) is 96.9 Å². The van der Waals surface area contributed by atoms with Crippen molar-refractivity contribution in [1.29, 1.82) is 0 Å². The molecule has 1 heterocycles. The number of rotatable bonds is 5. The highest BCUT2D eigenvalue weighted by atomic mass is 16.3. The van der Waals surface area contributed by atoms with E-state index in [0.717, 1.165) is 38.5 Å². The van der Waals surface area contributed by atoms with Gasteiger partial charge >= 0.3 is 0 Å². The van der Waals surface area contributed by atoms with Crippen molar-refractivity contribution in [1.82, 2.24) is 15.8 Å². The van der Waals surface area contributed by atoms with Crippen LogP contribution in [0.25, 0.3) is 0 Å². The monoisotopic (exact) mass is 527 g/mol. The third-order valence-corrected chi connectivity index (χ3v) is 11.6. The van der Waals surface area contributed by atoms with Crippen LogP contribution in [0.15, 0.2) is 24.5 Å². The Morgan fingerprint density at radius 1 is 1.03 bits per heavy atom. The van der Waals surface area contributed by atoms with Gasteiger partial charge in [0.15, 0.2) is 0 Å². The molecule has 0 aromatic carbocycles. The van der Waals surface area contributed by atoms with Gasteiger partial charge in [-0.15, -0.1) is 0 Å². The van der Waals surface area contributed by atoms with Crippen LogP contribution in [0.5, 0.6) is 0 Å². The molecule has 4 aliphatic carbocycles. The van der Waals surface area contributed by atoms with Crippen molar-refractivity contribution in [3.05, 3.63) is 30.1 Å². The number of carbonyl (C=O) groups is 2. The van der Waals surface area contributed by atoms with Gasteiger partial charge in [0.25, 0.3) is 5.91 Å². The smallest absolute Gasteiger partial charge is 0.269 e. The molecule has 5 N–H and O–H groups in total. The summed E-state index contributed by atoms with van der Waals surface area (Å²) in [5, 5.41) is 33.4. The molecule has 2 amide bonds. The number of carbonyl (C=O) groups excluding carboxylic acids is 2. The summed E-state index contributed by atoms with van der Waals surface area (Å²) in [6.07, 6.45) is 8.93. The number of hydrazine groups is 1. The van der Waals surface area contributed by atoms with Crippen molar-refractivity contribution >= 4 is 11.8 Å². The highest BCUT2D eigenvalue weighted by Gasteiger charge is 2.65. The van der Waals surface area contributed by atoms with Gasteiger partial charge in [0.05, 0.1) is 18.3 Å². The summed E-state index contributed by atoms with van der Waals surface area (Å²) in [6, 6.07) is 3.17. The normalized spacial score (nSPS) is 42.8. The van der Waals surface area contributed by atoms with Crippen LogP contribution in [0.1, 0.15) is 88.9 Å². The largest absolute Gasteiger partial charge is 0.393 e. The maximum Gasteiger partial charge on any atom is 0.269 e. The third-order valence-electron chi connectivity index (χ3n) is 11.6. The molecule has 0 spiro atoms. The molecule has 0 bridgehead atoms. The number of fused-ring (bicyclic) bond motifs is 5. The topological polar surface area (TPSA) is 132 Å². The zero-order valence-electron chi connectivity index (χ0n) is 23.0. The molecule has 0 radical (unpaired) electrons. The first-order valence-corrected chi connectivity index (χ1v) is 14.6.